The second-order valence-electron chi connectivity index (χ2n) is 2.02. The van der Waals surface area contributed by atoms with Crippen molar-refractivity contribution >= 4 is 5.91 Å². The molecule has 0 aliphatic rings. The van der Waals surface area contributed by atoms with Crippen LogP contribution in [0.1, 0.15) is 6.92 Å². The minimum Gasteiger partial charge on any atom is -0.512 e. The van der Waals surface area contributed by atoms with Gasteiger partial charge in [-0.25, -0.2) is 0 Å². The molecule has 0 unspecified atom stereocenters. The van der Waals surface area contributed by atoms with Crippen LogP contribution in [0, 0.1) is 0 Å². The van der Waals surface area contributed by atoms with Gasteiger partial charge in [0.15, 0.2) is 0 Å². The number of allylic oxidation sites excluding steroid dienone is 1. The first-order valence-corrected chi connectivity index (χ1v) is 2.62. The molecule has 0 bridgehead atoms. The topological polar surface area (TPSA) is 40.5 Å². The van der Waals surface area contributed by atoms with Gasteiger partial charge in [0.05, 0.1) is 5.76 Å². The molecule has 3 heteroatoms. The normalized spacial score (nSPS) is 11.2. The summed E-state index contributed by atoms with van der Waals surface area (Å²) >= 11 is 0. The number of hydrogen-bond acceptors (Lipinski definition) is 2. The molecule has 0 aromatic heterocycles. The molecule has 0 spiro atoms. The fourth-order valence-corrected chi connectivity index (χ4v) is 0.308. The number of carbonyl (C=O) groups excluding carboxylic acids is 1. The largest absolute Gasteiger partial charge is 0.512 e. The van der Waals surface area contributed by atoms with E-state index >= 15 is 0 Å². The smallest absolute Gasteiger partial charge is 0.249 e. The zero-order valence-electron chi connectivity index (χ0n) is 5.88. The molecule has 0 fully saturated rings. The number of amides is 1. The zero-order chi connectivity index (χ0) is 7.44. The highest BCUT2D eigenvalue weighted by Gasteiger charge is 1.97. The van der Waals surface area contributed by atoms with Crippen molar-refractivity contribution in [2.24, 2.45) is 0 Å². The number of aliphatic hydroxyl groups is 1. The number of likely N-dealkylation sites (N-methyl/N-ethyl adjacent to an activating group) is 1. The third-order valence-corrected chi connectivity index (χ3v) is 0.773. The van der Waals surface area contributed by atoms with Crippen LogP contribution in [0.3, 0.4) is 0 Å². The van der Waals surface area contributed by atoms with Gasteiger partial charge in [-0.1, -0.05) is 0 Å². The quantitative estimate of drug-likeness (QED) is 0.414. The summed E-state index contributed by atoms with van der Waals surface area (Å²) in [5.74, 6) is -0.163. The fraction of sp³-hybridized carbons (Fsp3) is 0.500. The molecule has 0 radical (unpaired) electrons. The van der Waals surface area contributed by atoms with Crippen LogP contribution in [-0.4, -0.2) is 30.0 Å². The standard InChI is InChI=1S/C6H11NO2/c1-5(8)4-6(9)7(2)3/h4,8H,1-3H3/b5-4+. The maximum absolute atomic E-state index is 10.6. The van der Waals surface area contributed by atoms with Gasteiger partial charge < -0.3 is 10.0 Å². The van der Waals surface area contributed by atoms with Crippen LogP contribution in [0.25, 0.3) is 0 Å². The zero-order valence-corrected chi connectivity index (χ0v) is 5.88. The van der Waals surface area contributed by atoms with E-state index in [0.717, 1.165) is 0 Å². The third-order valence-electron chi connectivity index (χ3n) is 0.773. The number of nitrogens with zero attached hydrogens (tertiary/aromatic N) is 1. The predicted octanol–water partition coefficient (Wildman–Crippen LogP) is 0.536. The van der Waals surface area contributed by atoms with Crippen molar-refractivity contribution in [2.45, 2.75) is 6.92 Å². The van der Waals surface area contributed by atoms with E-state index in [-0.39, 0.29) is 11.7 Å². The lowest BCUT2D eigenvalue weighted by atomic mass is 10.4. The number of hydrogen-bond donors (Lipinski definition) is 1. The summed E-state index contributed by atoms with van der Waals surface area (Å²) in [4.78, 5) is 12.0. The Morgan fingerprint density at radius 1 is 1.56 bits per heavy atom. The summed E-state index contributed by atoms with van der Waals surface area (Å²) in [6.45, 7) is 1.46. The molecule has 0 aromatic carbocycles. The fourth-order valence-electron chi connectivity index (χ4n) is 0.308. The van der Waals surface area contributed by atoms with Crippen molar-refractivity contribution in [1.29, 1.82) is 0 Å². The monoisotopic (exact) mass is 129 g/mol. The Bertz CT molecular complexity index is 134. The highest BCUT2D eigenvalue weighted by atomic mass is 16.3. The Morgan fingerprint density at radius 2 is 2.00 bits per heavy atom. The van der Waals surface area contributed by atoms with Gasteiger partial charge in [-0.15, -0.1) is 0 Å². The van der Waals surface area contributed by atoms with Crippen LogP contribution < -0.4 is 0 Å². The lowest BCUT2D eigenvalue weighted by Gasteiger charge is -2.04. The predicted molar refractivity (Wildman–Crippen MR) is 35.1 cm³/mol. The van der Waals surface area contributed by atoms with E-state index in [1.54, 1.807) is 14.1 Å². The van der Waals surface area contributed by atoms with Crippen LogP contribution in [0.15, 0.2) is 11.8 Å². The summed E-state index contributed by atoms with van der Waals surface area (Å²) in [5, 5.41) is 8.59. The van der Waals surface area contributed by atoms with Crippen molar-refractivity contribution < 1.29 is 9.90 Å². The molecule has 52 valence electrons. The van der Waals surface area contributed by atoms with Crippen LogP contribution >= 0.6 is 0 Å². The second-order valence-corrected chi connectivity index (χ2v) is 2.02. The van der Waals surface area contributed by atoms with Gasteiger partial charge in [-0.05, 0) is 6.92 Å². The van der Waals surface area contributed by atoms with Crippen LogP contribution in [0.4, 0.5) is 0 Å². The Morgan fingerprint density at radius 3 is 2.11 bits per heavy atom. The van der Waals surface area contributed by atoms with E-state index in [0.29, 0.717) is 0 Å². The Balaban J connectivity index is 3.93. The first-order chi connectivity index (χ1) is 4.04. The molecule has 1 N–H and O–H groups in total. The van der Waals surface area contributed by atoms with E-state index in [1.807, 2.05) is 0 Å². The van der Waals surface area contributed by atoms with Crippen molar-refractivity contribution in [1.82, 2.24) is 4.90 Å². The molecular formula is C6H11NO2. The van der Waals surface area contributed by atoms with Crippen molar-refractivity contribution in [2.75, 3.05) is 14.1 Å². The van der Waals surface area contributed by atoms with Gasteiger partial charge >= 0.3 is 0 Å². The molecule has 9 heavy (non-hydrogen) atoms. The van der Waals surface area contributed by atoms with E-state index < -0.39 is 0 Å². The first-order valence-electron chi connectivity index (χ1n) is 2.62. The summed E-state index contributed by atoms with van der Waals surface area (Å²) in [6, 6.07) is 0. The first kappa shape index (κ1) is 8.01. The Hall–Kier alpha value is -0.990. The van der Waals surface area contributed by atoms with Crippen molar-refractivity contribution in [3.05, 3.63) is 11.8 Å². The van der Waals surface area contributed by atoms with Gasteiger partial charge in [-0.2, -0.15) is 0 Å². The van der Waals surface area contributed by atoms with Gasteiger partial charge in [0.25, 0.3) is 0 Å². The third kappa shape index (κ3) is 3.58. The number of rotatable bonds is 1. The molecule has 0 aliphatic carbocycles. The van der Waals surface area contributed by atoms with Gasteiger partial charge in [0, 0.05) is 20.2 Å². The summed E-state index contributed by atoms with van der Waals surface area (Å²) in [5.41, 5.74) is 0. The highest BCUT2D eigenvalue weighted by Crippen LogP contribution is 1.86. The van der Waals surface area contributed by atoms with Crippen molar-refractivity contribution in [3.63, 3.8) is 0 Å². The maximum atomic E-state index is 10.6. The van der Waals surface area contributed by atoms with E-state index in [4.69, 9.17) is 5.11 Å². The van der Waals surface area contributed by atoms with E-state index in [2.05, 4.69) is 0 Å². The van der Waals surface area contributed by atoms with Crippen LogP contribution in [0.2, 0.25) is 0 Å². The molecule has 0 saturated heterocycles. The second kappa shape index (κ2) is 3.12. The SMILES string of the molecule is C/C(O)=C\C(=O)N(C)C. The van der Waals surface area contributed by atoms with E-state index in [1.165, 1.54) is 17.9 Å². The minimum atomic E-state index is -0.199. The molecular weight excluding hydrogens is 118 g/mol. The Kier molecular flexibility index (Phi) is 2.78. The van der Waals surface area contributed by atoms with Gasteiger partial charge in [0.1, 0.15) is 0 Å². The molecule has 0 rings (SSSR count). The number of aliphatic hydroxyl groups excluding tert-OH is 1. The lowest BCUT2D eigenvalue weighted by molar-refractivity contribution is -0.123. The summed E-state index contributed by atoms with van der Waals surface area (Å²) in [7, 11) is 3.25. The van der Waals surface area contributed by atoms with Crippen LogP contribution in [0.5, 0.6) is 0 Å². The van der Waals surface area contributed by atoms with Gasteiger partial charge in [0.2, 0.25) is 5.91 Å². The molecule has 0 heterocycles. The maximum Gasteiger partial charge on any atom is 0.249 e. The summed E-state index contributed by atoms with van der Waals surface area (Å²) in [6.07, 6.45) is 1.17. The molecule has 0 saturated carbocycles. The highest BCUT2D eigenvalue weighted by molar-refractivity contribution is 5.87. The molecule has 0 atom stereocenters. The average molecular weight is 129 g/mol. The van der Waals surface area contributed by atoms with Crippen LogP contribution in [-0.2, 0) is 4.79 Å². The molecule has 3 nitrogen and oxygen atoms in total. The van der Waals surface area contributed by atoms with Gasteiger partial charge in [-0.3, -0.25) is 4.79 Å². The minimum absolute atomic E-state index is 0.0358. The summed E-state index contributed by atoms with van der Waals surface area (Å²) < 4.78 is 0. The lowest BCUT2D eigenvalue weighted by Crippen LogP contribution is -2.19. The average Bonchev–Trinajstić information content (AvgIpc) is 1.63. The number of carbonyl (C=O) groups is 1. The van der Waals surface area contributed by atoms with E-state index in [9.17, 15) is 4.79 Å². The molecule has 1 amide bonds. The van der Waals surface area contributed by atoms with Crippen molar-refractivity contribution in [3.8, 4) is 0 Å². The Labute approximate surface area is 54.6 Å². The molecule has 0 aromatic rings. The molecule has 0 aliphatic heterocycles.